The van der Waals surface area contributed by atoms with Crippen molar-refractivity contribution in [2.75, 3.05) is 0 Å². The summed E-state index contributed by atoms with van der Waals surface area (Å²) in [4.78, 5) is 22.4. The molecular weight excluding hydrogens is 295 g/mol. The van der Waals surface area contributed by atoms with Crippen LogP contribution in [0.1, 0.15) is 26.5 Å². The molecule has 0 radical (unpaired) electrons. The molecule has 0 saturated heterocycles. The van der Waals surface area contributed by atoms with E-state index in [9.17, 15) is 22.8 Å². The Morgan fingerprint density at radius 1 is 1.29 bits per heavy atom. The second-order valence-electron chi connectivity index (χ2n) is 3.79. The Morgan fingerprint density at radius 2 is 2.00 bits per heavy atom. The van der Waals surface area contributed by atoms with Crippen LogP contribution in [0.25, 0.3) is 0 Å². The normalized spacial score (nSPS) is 11.2. The van der Waals surface area contributed by atoms with E-state index in [0.717, 1.165) is 24.4 Å². The minimum atomic E-state index is -4.60. The Morgan fingerprint density at radius 3 is 2.62 bits per heavy atom. The van der Waals surface area contributed by atoms with Gasteiger partial charge in [0.05, 0.1) is 11.8 Å². The predicted octanol–water partition coefficient (Wildman–Crippen LogP) is 2.61. The molecule has 21 heavy (non-hydrogen) atoms. The highest BCUT2D eigenvalue weighted by atomic mass is 19.4. The Bertz CT molecular complexity index is 692. The molecule has 0 unspecified atom stereocenters. The molecule has 9 heteroatoms. The summed E-state index contributed by atoms with van der Waals surface area (Å²) in [5.74, 6) is -3.85. The lowest BCUT2D eigenvalue weighted by Gasteiger charge is -2.08. The van der Waals surface area contributed by atoms with Crippen molar-refractivity contribution in [1.29, 1.82) is 0 Å². The van der Waals surface area contributed by atoms with Crippen molar-refractivity contribution in [3.63, 3.8) is 0 Å². The summed E-state index contributed by atoms with van der Waals surface area (Å²) in [5, 5.41) is 11.9. The van der Waals surface area contributed by atoms with E-state index in [4.69, 9.17) is 5.11 Å². The zero-order chi connectivity index (χ0) is 15.6. The van der Waals surface area contributed by atoms with E-state index in [-0.39, 0.29) is 0 Å². The summed E-state index contributed by atoms with van der Waals surface area (Å²) >= 11 is 0. The van der Waals surface area contributed by atoms with E-state index in [1.165, 1.54) is 0 Å². The molecule has 0 amide bonds. The molecule has 0 aliphatic rings. The zero-order valence-electron chi connectivity index (χ0n) is 10.0. The molecule has 2 rings (SSSR count). The number of carbonyl (C=O) groups excluding carboxylic acids is 1. The number of halogens is 3. The molecule has 0 saturated carbocycles. The zero-order valence-corrected chi connectivity index (χ0v) is 10.0. The van der Waals surface area contributed by atoms with E-state index >= 15 is 0 Å². The van der Waals surface area contributed by atoms with E-state index in [1.807, 2.05) is 0 Å². The summed E-state index contributed by atoms with van der Waals surface area (Å²) in [6, 6.07) is 3.57. The van der Waals surface area contributed by atoms with Gasteiger partial charge in [0.15, 0.2) is 0 Å². The molecule has 1 N–H and O–H groups in total. The van der Waals surface area contributed by atoms with Crippen molar-refractivity contribution >= 4 is 11.9 Å². The molecule has 0 fully saturated rings. The third kappa shape index (κ3) is 3.19. The number of hydrogen-bond acceptors (Lipinski definition) is 5. The average molecular weight is 301 g/mol. The molecule has 2 aromatic rings. The molecular formula is C12H6F3NO5. The first-order valence-corrected chi connectivity index (χ1v) is 5.36. The number of carboxylic acids is 1. The highest BCUT2D eigenvalue weighted by Crippen LogP contribution is 2.31. The largest absolute Gasteiger partial charge is 0.477 e. The Balaban J connectivity index is 2.24. The Kier molecular flexibility index (Phi) is 3.66. The van der Waals surface area contributed by atoms with Crippen molar-refractivity contribution in [2.24, 2.45) is 0 Å². The molecule has 0 aliphatic heterocycles. The van der Waals surface area contributed by atoms with Gasteiger partial charge < -0.3 is 14.4 Å². The molecule has 0 aliphatic carbocycles. The number of carboxylic acid groups (broad SMARTS) is 1. The van der Waals surface area contributed by atoms with Crippen LogP contribution in [0.5, 0.6) is 5.75 Å². The van der Waals surface area contributed by atoms with Crippen LogP contribution in [-0.4, -0.2) is 22.2 Å². The number of benzene rings is 1. The highest BCUT2D eigenvalue weighted by molar-refractivity contribution is 6.00. The number of aromatic nitrogens is 1. The first-order chi connectivity index (χ1) is 9.79. The number of hydrogen-bond donors (Lipinski definition) is 1. The molecule has 110 valence electrons. The van der Waals surface area contributed by atoms with Crippen LogP contribution in [0.15, 0.2) is 35.0 Å². The van der Waals surface area contributed by atoms with Crippen molar-refractivity contribution in [3.8, 4) is 5.75 Å². The Labute approximate surface area is 114 Å². The third-order valence-corrected chi connectivity index (χ3v) is 2.36. The maximum atomic E-state index is 12.5. The number of esters is 1. The van der Waals surface area contributed by atoms with Gasteiger partial charge in [-0.25, -0.2) is 9.59 Å². The van der Waals surface area contributed by atoms with E-state index in [0.29, 0.717) is 6.07 Å². The second-order valence-corrected chi connectivity index (χ2v) is 3.79. The molecule has 1 heterocycles. The van der Waals surface area contributed by atoms with Gasteiger partial charge in [-0.2, -0.15) is 13.2 Å². The monoisotopic (exact) mass is 301 g/mol. The van der Waals surface area contributed by atoms with Crippen LogP contribution in [0.3, 0.4) is 0 Å². The van der Waals surface area contributed by atoms with Gasteiger partial charge in [0.1, 0.15) is 11.3 Å². The third-order valence-electron chi connectivity index (χ3n) is 2.36. The number of ether oxygens (including phenoxy) is 1. The summed E-state index contributed by atoms with van der Waals surface area (Å²) in [7, 11) is 0. The summed E-state index contributed by atoms with van der Waals surface area (Å²) < 4.78 is 46.6. The summed E-state index contributed by atoms with van der Waals surface area (Å²) in [6.45, 7) is 0. The van der Waals surface area contributed by atoms with E-state index < -0.39 is 40.8 Å². The summed E-state index contributed by atoms with van der Waals surface area (Å²) in [6.07, 6.45) is -3.81. The fourth-order valence-corrected chi connectivity index (χ4v) is 1.43. The minimum Gasteiger partial charge on any atom is -0.477 e. The van der Waals surface area contributed by atoms with Crippen molar-refractivity contribution in [1.82, 2.24) is 5.16 Å². The van der Waals surface area contributed by atoms with Gasteiger partial charge in [0, 0.05) is 0 Å². The molecule has 1 aromatic carbocycles. The number of rotatable bonds is 3. The molecule has 0 spiro atoms. The number of carbonyl (C=O) groups is 2. The fourth-order valence-electron chi connectivity index (χ4n) is 1.43. The topological polar surface area (TPSA) is 89.6 Å². The lowest BCUT2D eigenvalue weighted by Crippen LogP contribution is -2.13. The molecule has 0 atom stereocenters. The number of aromatic carboxylic acids is 1. The lowest BCUT2D eigenvalue weighted by atomic mass is 10.2. The smallest absolute Gasteiger partial charge is 0.416 e. The van der Waals surface area contributed by atoms with Crippen LogP contribution in [-0.2, 0) is 6.18 Å². The van der Waals surface area contributed by atoms with Gasteiger partial charge in [0.25, 0.3) is 5.76 Å². The molecule has 1 aromatic heterocycles. The van der Waals surface area contributed by atoms with Crippen LogP contribution < -0.4 is 4.74 Å². The molecule has 6 nitrogen and oxygen atoms in total. The first kappa shape index (κ1) is 14.6. The maximum Gasteiger partial charge on any atom is 0.416 e. The maximum absolute atomic E-state index is 12.5. The van der Waals surface area contributed by atoms with Gasteiger partial charge in [-0.15, -0.1) is 0 Å². The van der Waals surface area contributed by atoms with E-state index in [2.05, 4.69) is 14.4 Å². The van der Waals surface area contributed by atoms with Crippen molar-refractivity contribution in [2.45, 2.75) is 6.18 Å². The SMILES string of the molecule is O=C(O)c1cnoc1C(=O)Oc1cccc(C(F)(F)F)c1. The average Bonchev–Trinajstić information content (AvgIpc) is 2.87. The van der Waals surface area contributed by atoms with Gasteiger partial charge >= 0.3 is 18.1 Å². The summed E-state index contributed by atoms with van der Waals surface area (Å²) in [5.41, 5.74) is -1.56. The fraction of sp³-hybridized carbons (Fsp3) is 0.0833. The lowest BCUT2D eigenvalue weighted by molar-refractivity contribution is -0.137. The van der Waals surface area contributed by atoms with Gasteiger partial charge in [-0.05, 0) is 18.2 Å². The Hall–Kier alpha value is -2.84. The van der Waals surface area contributed by atoms with Crippen molar-refractivity contribution < 1.29 is 37.1 Å². The van der Waals surface area contributed by atoms with Gasteiger partial charge in [0.2, 0.25) is 0 Å². The number of nitrogens with zero attached hydrogens (tertiary/aromatic N) is 1. The molecule has 0 bridgehead atoms. The van der Waals surface area contributed by atoms with Crippen LogP contribution in [0, 0.1) is 0 Å². The minimum absolute atomic E-state index is 0.400. The van der Waals surface area contributed by atoms with Gasteiger partial charge in [-0.3, -0.25) is 0 Å². The highest BCUT2D eigenvalue weighted by Gasteiger charge is 2.31. The quantitative estimate of drug-likeness (QED) is 0.692. The van der Waals surface area contributed by atoms with Crippen LogP contribution in [0.2, 0.25) is 0 Å². The second kappa shape index (κ2) is 5.27. The standard InChI is InChI=1S/C12H6F3NO5/c13-12(14,15)6-2-1-3-7(4-6)20-11(19)9-8(10(17)18)5-16-21-9/h1-5H,(H,17,18). The van der Waals surface area contributed by atoms with Crippen LogP contribution >= 0.6 is 0 Å². The van der Waals surface area contributed by atoms with Crippen molar-refractivity contribution in [3.05, 3.63) is 47.3 Å². The van der Waals surface area contributed by atoms with Crippen LogP contribution in [0.4, 0.5) is 13.2 Å². The van der Waals surface area contributed by atoms with E-state index in [1.54, 1.807) is 0 Å². The number of alkyl halides is 3. The van der Waals surface area contributed by atoms with Gasteiger partial charge in [-0.1, -0.05) is 11.2 Å². The first-order valence-electron chi connectivity index (χ1n) is 5.36. The predicted molar refractivity (Wildman–Crippen MR) is 59.9 cm³/mol.